The summed E-state index contributed by atoms with van der Waals surface area (Å²) in [7, 11) is 4.46. The van der Waals surface area contributed by atoms with Gasteiger partial charge in [-0.25, -0.2) is 0 Å². The van der Waals surface area contributed by atoms with Crippen molar-refractivity contribution >= 4 is 23.1 Å². The zero-order chi connectivity index (χ0) is 13.5. The molecule has 3 rings (SSSR count). The molecule has 1 aromatic heterocycles. The summed E-state index contributed by atoms with van der Waals surface area (Å²) < 4.78 is 1.53. The van der Waals surface area contributed by atoms with Crippen LogP contribution in [0.1, 0.15) is 44.2 Å². The monoisotopic (exact) mass is 296 g/mol. The minimum absolute atomic E-state index is 0.421. The third-order valence-corrected chi connectivity index (χ3v) is 7.16. The smallest absolute Gasteiger partial charge is 0.0649 e. The summed E-state index contributed by atoms with van der Waals surface area (Å²) in [5, 5.41) is 6.85. The van der Waals surface area contributed by atoms with Crippen molar-refractivity contribution in [3.05, 3.63) is 17.0 Å². The standard InChI is InChI=1S/C15H24N2S2/c1-11-9-13(12-5-8-18-14(12)19-11)16-10-15(17(2)3)6-4-7-15/h5,8,11,13,16H,4,6-7,9-10H2,1-3H3/t11-,13?/m0/s1. The van der Waals surface area contributed by atoms with Gasteiger partial charge in [-0.15, -0.1) is 23.1 Å². The second-order valence-corrected chi connectivity index (χ2v) is 8.86. The second-order valence-electron chi connectivity index (χ2n) is 6.23. The molecule has 1 aromatic rings. The maximum Gasteiger partial charge on any atom is 0.0649 e. The van der Waals surface area contributed by atoms with E-state index in [2.05, 4.69) is 42.7 Å². The third kappa shape index (κ3) is 2.60. The fraction of sp³-hybridized carbons (Fsp3) is 0.733. The maximum atomic E-state index is 3.87. The number of fused-ring (bicyclic) bond motifs is 1. The number of likely N-dealkylation sites (N-methyl/N-ethyl adjacent to an activating group) is 1. The second kappa shape index (κ2) is 5.40. The zero-order valence-corrected chi connectivity index (χ0v) is 13.7. The molecule has 1 N–H and O–H groups in total. The third-order valence-electron chi connectivity index (χ3n) is 4.82. The van der Waals surface area contributed by atoms with Crippen LogP contribution in [0.3, 0.4) is 0 Å². The van der Waals surface area contributed by atoms with Crippen molar-refractivity contribution in [2.45, 2.75) is 53.6 Å². The lowest BCUT2D eigenvalue weighted by Gasteiger charge is -2.48. The lowest BCUT2D eigenvalue weighted by Crippen LogP contribution is -2.57. The Morgan fingerprint density at radius 3 is 2.84 bits per heavy atom. The lowest BCUT2D eigenvalue weighted by atomic mass is 9.75. The van der Waals surface area contributed by atoms with Gasteiger partial charge in [0.05, 0.1) is 4.21 Å². The van der Waals surface area contributed by atoms with E-state index >= 15 is 0 Å². The van der Waals surface area contributed by atoms with Crippen LogP contribution < -0.4 is 5.32 Å². The first-order valence-electron chi connectivity index (χ1n) is 7.26. The number of rotatable bonds is 4. The Hall–Kier alpha value is -0.0300. The minimum atomic E-state index is 0.421. The van der Waals surface area contributed by atoms with E-state index in [1.165, 1.54) is 29.9 Å². The average Bonchev–Trinajstić information content (AvgIpc) is 2.74. The molecule has 2 atom stereocenters. The first-order chi connectivity index (χ1) is 9.11. The van der Waals surface area contributed by atoms with Crippen LogP contribution in [0.2, 0.25) is 0 Å². The van der Waals surface area contributed by atoms with Gasteiger partial charge in [0.2, 0.25) is 0 Å². The Labute approximate surface area is 125 Å². The van der Waals surface area contributed by atoms with Crippen molar-refractivity contribution in [2.24, 2.45) is 0 Å². The van der Waals surface area contributed by atoms with Crippen LogP contribution in [0.15, 0.2) is 15.7 Å². The van der Waals surface area contributed by atoms with Crippen molar-refractivity contribution in [1.29, 1.82) is 0 Å². The Kier molecular flexibility index (Phi) is 3.96. The molecule has 0 radical (unpaired) electrons. The van der Waals surface area contributed by atoms with Crippen LogP contribution in [-0.2, 0) is 0 Å². The lowest BCUT2D eigenvalue weighted by molar-refractivity contribution is 0.0566. The van der Waals surface area contributed by atoms with E-state index in [1.807, 2.05) is 23.1 Å². The van der Waals surface area contributed by atoms with Crippen molar-refractivity contribution in [2.75, 3.05) is 20.6 Å². The Morgan fingerprint density at radius 1 is 1.42 bits per heavy atom. The van der Waals surface area contributed by atoms with Gasteiger partial charge in [0.15, 0.2) is 0 Å². The molecule has 1 fully saturated rings. The molecule has 0 spiro atoms. The van der Waals surface area contributed by atoms with Crippen LogP contribution >= 0.6 is 23.1 Å². The normalized spacial score (nSPS) is 29.1. The molecule has 106 valence electrons. The Bertz CT molecular complexity index is 437. The van der Waals surface area contributed by atoms with E-state index in [-0.39, 0.29) is 0 Å². The highest BCUT2D eigenvalue weighted by Crippen LogP contribution is 2.44. The van der Waals surface area contributed by atoms with Gasteiger partial charge in [-0.2, -0.15) is 0 Å². The molecule has 1 saturated carbocycles. The molecule has 2 nitrogen and oxygen atoms in total. The summed E-state index contributed by atoms with van der Waals surface area (Å²) >= 11 is 3.95. The molecular formula is C15H24N2S2. The Morgan fingerprint density at radius 2 is 2.21 bits per heavy atom. The summed E-state index contributed by atoms with van der Waals surface area (Å²) in [6.45, 7) is 3.49. The van der Waals surface area contributed by atoms with E-state index < -0.39 is 0 Å². The van der Waals surface area contributed by atoms with Gasteiger partial charge < -0.3 is 10.2 Å². The van der Waals surface area contributed by atoms with Crippen molar-refractivity contribution in [1.82, 2.24) is 10.2 Å². The van der Waals surface area contributed by atoms with E-state index in [4.69, 9.17) is 0 Å². The van der Waals surface area contributed by atoms with Crippen molar-refractivity contribution < 1.29 is 0 Å². The number of thioether (sulfide) groups is 1. The fourth-order valence-corrected chi connectivity index (χ4v) is 5.79. The number of nitrogens with one attached hydrogen (secondary N) is 1. The Balaban J connectivity index is 1.68. The van der Waals surface area contributed by atoms with Gasteiger partial charge in [-0.1, -0.05) is 6.92 Å². The number of hydrogen-bond donors (Lipinski definition) is 1. The first kappa shape index (κ1) is 13.9. The van der Waals surface area contributed by atoms with Gasteiger partial charge in [-0.05, 0) is 56.8 Å². The van der Waals surface area contributed by atoms with Crippen LogP contribution in [0, 0.1) is 0 Å². The molecule has 0 bridgehead atoms. The van der Waals surface area contributed by atoms with Crippen molar-refractivity contribution in [3.63, 3.8) is 0 Å². The summed E-state index contributed by atoms with van der Waals surface area (Å²) in [6.07, 6.45) is 5.35. The summed E-state index contributed by atoms with van der Waals surface area (Å²) in [5.41, 5.74) is 1.96. The topological polar surface area (TPSA) is 15.3 Å². The SMILES string of the molecule is C[C@H]1CC(NCC2(N(C)C)CCC2)c2ccsc2S1. The quantitative estimate of drug-likeness (QED) is 0.911. The maximum absolute atomic E-state index is 3.87. The van der Waals surface area contributed by atoms with E-state index in [0.29, 0.717) is 11.6 Å². The van der Waals surface area contributed by atoms with Gasteiger partial charge in [-0.3, -0.25) is 0 Å². The molecule has 19 heavy (non-hydrogen) atoms. The van der Waals surface area contributed by atoms with Gasteiger partial charge in [0.25, 0.3) is 0 Å². The summed E-state index contributed by atoms with van der Waals surface area (Å²) in [6, 6.07) is 2.88. The van der Waals surface area contributed by atoms with Crippen LogP contribution in [-0.4, -0.2) is 36.3 Å². The van der Waals surface area contributed by atoms with Crippen LogP contribution in [0.5, 0.6) is 0 Å². The highest BCUT2D eigenvalue weighted by molar-refractivity contribution is 8.01. The van der Waals surface area contributed by atoms with Gasteiger partial charge in [0.1, 0.15) is 0 Å². The van der Waals surface area contributed by atoms with E-state index in [1.54, 1.807) is 5.56 Å². The fourth-order valence-electron chi connectivity index (χ4n) is 3.22. The molecule has 1 unspecified atom stereocenters. The predicted molar refractivity (Wildman–Crippen MR) is 85.3 cm³/mol. The molecule has 2 aliphatic rings. The first-order valence-corrected chi connectivity index (χ1v) is 9.01. The zero-order valence-electron chi connectivity index (χ0n) is 12.1. The summed E-state index contributed by atoms with van der Waals surface area (Å²) in [4.78, 5) is 2.43. The van der Waals surface area contributed by atoms with Crippen molar-refractivity contribution in [3.8, 4) is 0 Å². The molecule has 0 aromatic carbocycles. The highest BCUT2D eigenvalue weighted by Gasteiger charge is 2.39. The molecule has 0 saturated heterocycles. The molecular weight excluding hydrogens is 272 g/mol. The van der Waals surface area contributed by atoms with Crippen LogP contribution in [0.25, 0.3) is 0 Å². The largest absolute Gasteiger partial charge is 0.308 e. The average molecular weight is 297 g/mol. The molecule has 4 heteroatoms. The molecule has 0 amide bonds. The molecule has 2 heterocycles. The van der Waals surface area contributed by atoms with Gasteiger partial charge in [0, 0.05) is 23.4 Å². The van der Waals surface area contributed by atoms with E-state index in [9.17, 15) is 0 Å². The molecule has 1 aliphatic heterocycles. The minimum Gasteiger partial charge on any atom is -0.308 e. The predicted octanol–water partition coefficient (Wildman–Crippen LogP) is 3.75. The number of hydrogen-bond acceptors (Lipinski definition) is 4. The van der Waals surface area contributed by atoms with Crippen LogP contribution in [0.4, 0.5) is 0 Å². The van der Waals surface area contributed by atoms with E-state index in [0.717, 1.165) is 11.8 Å². The summed E-state index contributed by atoms with van der Waals surface area (Å²) in [5.74, 6) is 0. The molecule has 1 aliphatic carbocycles. The highest BCUT2D eigenvalue weighted by atomic mass is 32.2. The number of thiophene rings is 1. The van der Waals surface area contributed by atoms with Gasteiger partial charge >= 0.3 is 0 Å². The number of nitrogens with zero attached hydrogens (tertiary/aromatic N) is 1.